The Morgan fingerprint density at radius 1 is 1.30 bits per heavy atom. The van der Waals surface area contributed by atoms with Gasteiger partial charge in [-0.25, -0.2) is 0 Å². The second-order valence-electron chi connectivity index (χ2n) is 5.80. The van der Waals surface area contributed by atoms with Crippen molar-refractivity contribution in [2.45, 2.75) is 52.0 Å². The first kappa shape index (κ1) is 14.6. The van der Waals surface area contributed by atoms with Gasteiger partial charge in [-0.1, -0.05) is 37.0 Å². The highest BCUT2D eigenvalue weighted by atomic mass is 16.1. The zero-order chi connectivity index (χ0) is 14.5. The first-order chi connectivity index (χ1) is 9.61. The van der Waals surface area contributed by atoms with Crippen LogP contribution in [0.5, 0.6) is 0 Å². The van der Waals surface area contributed by atoms with Crippen molar-refractivity contribution in [1.82, 2.24) is 5.32 Å². The summed E-state index contributed by atoms with van der Waals surface area (Å²) in [5.74, 6) is 0.183. The zero-order valence-electron chi connectivity index (χ0n) is 12.3. The average Bonchev–Trinajstić information content (AvgIpc) is 2.45. The SMILES string of the molecule is Cc1ccc(C(=O)NC(C#N)C2CCCCC2)c(C)c1. The summed E-state index contributed by atoms with van der Waals surface area (Å²) < 4.78 is 0. The fraction of sp³-hybridized carbons (Fsp3) is 0.529. The van der Waals surface area contributed by atoms with Crippen LogP contribution in [0.4, 0.5) is 0 Å². The summed E-state index contributed by atoms with van der Waals surface area (Å²) in [5, 5.41) is 12.2. The molecule has 0 radical (unpaired) electrons. The molecule has 3 heteroatoms. The van der Waals surface area contributed by atoms with Crippen LogP contribution in [-0.2, 0) is 0 Å². The molecule has 0 spiro atoms. The number of carbonyl (C=O) groups is 1. The average molecular weight is 270 g/mol. The standard InChI is InChI=1S/C17H22N2O/c1-12-8-9-15(13(2)10-12)17(20)19-16(11-18)14-6-4-3-5-7-14/h8-10,14,16H,3-7H2,1-2H3,(H,19,20). The van der Waals surface area contributed by atoms with Gasteiger partial charge in [0.05, 0.1) is 6.07 Å². The lowest BCUT2D eigenvalue weighted by atomic mass is 9.84. The normalized spacial score (nSPS) is 17.2. The van der Waals surface area contributed by atoms with E-state index in [0.29, 0.717) is 11.5 Å². The van der Waals surface area contributed by atoms with Gasteiger partial charge < -0.3 is 5.32 Å². The molecular weight excluding hydrogens is 248 g/mol. The third-order valence-corrected chi connectivity index (χ3v) is 4.17. The van der Waals surface area contributed by atoms with Crippen LogP contribution in [0, 0.1) is 31.1 Å². The third-order valence-electron chi connectivity index (χ3n) is 4.17. The highest BCUT2D eigenvalue weighted by Crippen LogP contribution is 2.26. The highest BCUT2D eigenvalue weighted by Gasteiger charge is 2.25. The van der Waals surface area contributed by atoms with Gasteiger partial charge in [0.25, 0.3) is 5.91 Å². The maximum absolute atomic E-state index is 12.3. The van der Waals surface area contributed by atoms with Crippen molar-refractivity contribution < 1.29 is 4.79 Å². The number of benzene rings is 1. The Morgan fingerprint density at radius 2 is 2.00 bits per heavy atom. The van der Waals surface area contributed by atoms with E-state index in [1.165, 1.54) is 19.3 Å². The van der Waals surface area contributed by atoms with E-state index in [9.17, 15) is 10.1 Å². The zero-order valence-corrected chi connectivity index (χ0v) is 12.3. The Kier molecular flexibility index (Phi) is 4.79. The fourth-order valence-electron chi connectivity index (χ4n) is 3.01. The van der Waals surface area contributed by atoms with Crippen LogP contribution < -0.4 is 5.32 Å². The molecule has 1 amide bonds. The summed E-state index contributed by atoms with van der Waals surface area (Å²) in [7, 11) is 0. The summed E-state index contributed by atoms with van der Waals surface area (Å²) in [6.45, 7) is 3.94. The van der Waals surface area contributed by atoms with Crippen LogP contribution in [0.1, 0.15) is 53.6 Å². The van der Waals surface area contributed by atoms with E-state index in [1.54, 1.807) is 0 Å². The first-order valence-corrected chi connectivity index (χ1v) is 7.39. The molecule has 3 nitrogen and oxygen atoms in total. The molecule has 0 bridgehead atoms. The molecule has 1 fully saturated rings. The van der Waals surface area contributed by atoms with Crippen LogP contribution in [0.3, 0.4) is 0 Å². The van der Waals surface area contributed by atoms with E-state index in [2.05, 4.69) is 11.4 Å². The number of rotatable bonds is 3. The number of aryl methyl sites for hydroxylation is 2. The second kappa shape index (κ2) is 6.56. The summed E-state index contributed by atoms with van der Waals surface area (Å²) in [4.78, 5) is 12.3. The summed E-state index contributed by atoms with van der Waals surface area (Å²) in [6, 6.07) is 7.69. The van der Waals surface area contributed by atoms with Crippen LogP contribution >= 0.6 is 0 Å². The molecule has 1 saturated carbocycles. The molecular formula is C17H22N2O. The second-order valence-corrected chi connectivity index (χ2v) is 5.80. The number of nitriles is 1. The number of hydrogen-bond acceptors (Lipinski definition) is 2. The van der Waals surface area contributed by atoms with Gasteiger partial charge in [0.2, 0.25) is 0 Å². The van der Waals surface area contributed by atoms with E-state index in [0.717, 1.165) is 24.0 Å². The van der Waals surface area contributed by atoms with Crippen molar-refractivity contribution >= 4 is 5.91 Å². The molecule has 0 saturated heterocycles. The lowest BCUT2D eigenvalue weighted by molar-refractivity contribution is 0.0928. The minimum absolute atomic E-state index is 0.125. The van der Waals surface area contributed by atoms with Crippen molar-refractivity contribution in [3.8, 4) is 6.07 Å². The maximum atomic E-state index is 12.3. The molecule has 0 aromatic heterocycles. The molecule has 1 aromatic rings. The topological polar surface area (TPSA) is 52.9 Å². The van der Waals surface area contributed by atoms with Crippen LogP contribution in [0.15, 0.2) is 18.2 Å². The third kappa shape index (κ3) is 3.39. The quantitative estimate of drug-likeness (QED) is 0.913. The van der Waals surface area contributed by atoms with Crippen LogP contribution in [0.25, 0.3) is 0 Å². The Bertz CT molecular complexity index is 524. The van der Waals surface area contributed by atoms with Crippen molar-refractivity contribution in [3.05, 3.63) is 34.9 Å². The van der Waals surface area contributed by atoms with Crippen molar-refractivity contribution in [2.24, 2.45) is 5.92 Å². The lowest BCUT2D eigenvalue weighted by Crippen LogP contribution is -2.40. The number of carbonyl (C=O) groups excluding carboxylic acids is 1. The number of amides is 1. The largest absolute Gasteiger partial charge is 0.336 e. The number of nitrogens with one attached hydrogen (secondary N) is 1. The minimum Gasteiger partial charge on any atom is -0.336 e. The van der Waals surface area contributed by atoms with Gasteiger partial charge in [-0.3, -0.25) is 4.79 Å². The highest BCUT2D eigenvalue weighted by molar-refractivity contribution is 5.96. The van der Waals surface area contributed by atoms with E-state index in [1.807, 2.05) is 32.0 Å². The predicted molar refractivity (Wildman–Crippen MR) is 79.4 cm³/mol. The minimum atomic E-state index is -0.358. The van der Waals surface area contributed by atoms with Crippen molar-refractivity contribution in [2.75, 3.05) is 0 Å². The lowest BCUT2D eigenvalue weighted by Gasteiger charge is -2.26. The molecule has 1 aromatic carbocycles. The van der Waals surface area contributed by atoms with E-state index < -0.39 is 0 Å². The fourth-order valence-corrected chi connectivity index (χ4v) is 3.01. The van der Waals surface area contributed by atoms with Gasteiger partial charge in [0.1, 0.15) is 6.04 Å². The van der Waals surface area contributed by atoms with Crippen LogP contribution in [0.2, 0.25) is 0 Å². The van der Waals surface area contributed by atoms with Gasteiger partial charge in [0.15, 0.2) is 0 Å². The Hall–Kier alpha value is -1.82. The summed E-state index contributed by atoms with van der Waals surface area (Å²) in [6.07, 6.45) is 5.68. The Balaban J connectivity index is 2.07. The smallest absolute Gasteiger partial charge is 0.252 e. The molecule has 0 heterocycles. The van der Waals surface area contributed by atoms with E-state index in [-0.39, 0.29) is 11.9 Å². The van der Waals surface area contributed by atoms with Crippen molar-refractivity contribution in [3.63, 3.8) is 0 Å². The van der Waals surface area contributed by atoms with Gasteiger partial charge >= 0.3 is 0 Å². The van der Waals surface area contributed by atoms with Gasteiger partial charge in [-0.15, -0.1) is 0 Å². The molecule has 0 aliphatic heterocycles. The molecule has 1 atom stereocenters. The number of hydrogen-bond donors (Lipinski definition) is 1. The molecule has 1 aliphatic rings. The molecule has 106 valence electrons. The first-order valence-electron chi connectivity index (χ1n) is 7.39. The van der Waals surface area contributed by atoms with Gasteiger partial charge in [-0.2, -0.15) is 5.26 Å². The predicted octanol–water partition coefficient (Wildman–Crippen LogP) is 3.51. The van der Waals surface area contributed by atoms with Gasteiger partial charge in [-0.05, 0) is 44.2 Å². The molecule has 1 unspecified atom stereocenters. The Labute approximate surface area is 121 Å². The summed E-state index contributed by atoms with van der Waals surface area (Å²) >= 11 is 0. The monoisotopic (exact) mass is 270 g/mol. The molecule has 20 heavy (non-hydrogen) atoms. The van der Waals surface area contributed by atoms with Crippen molar-refractivity contribution in [1.29, 1.82) is 5.26 Å². The Morgan fingerprint density at radius 3 is 2.60 bits per heavy atom. The molecule has 1 N–H and O–H groups in total. The van der Waals surface area contributed by atoms with E-state index in [4.69, 9.17) is 0 Å². The van der Waals surface area contributed by atoms with Gasteiger partial charge in [0, 0.05) is 5.56 Å². The maximum Gasteiger partial charge on any atom is 0.252 e. The van der Waals surface area contributed by atoms with E-state index >= 15 is 0 Å². The number of nitrogens with zero attached hydrogens (tertiary/aromatic N) is 1. The molecule has 2 rings (SSSR count). The summed E-state index contributed by atoms with van der Waals surface area (Å²) in [5.41, 5.74) is 2.78. The molecule has 1 aliphatic carbocycles. The van der Waals surface area contributed by atoms with Crippen LogP contribution in [-0.4, -0.2) is 11.9 Å².